The lowest BCUT2D eigenvalue weighted by Crippen LogP contribution is -2.00. The molecular weight excluding hydrogens is 557 g/mol. The highest BCUT2D eigenvalue weighted by Gasteiger charge is 2.20. The van der Waals surface area contributed by atoms with E-state index in [9.17, 15) is 0 Å². The number of rotatable bonds is 4. The largest absolute Gasteiger partial charge is 0.309 e. The lowest BCUT2D eigenvalue weighted by molar-refractivity contribution is 1.08. The summed E-state index contributed by atoms with van der Waals surface area (Å²) >= 11 is 1.65. The molecule has 44 heavy (non-hydrogen) atoms. The molecule has 0 radical (unpaired) electrons. The van der Waals surface area contributed by atoms with E-state index in [1.54, 1.807) is 23.5 Å². The summed E-state index contributed by atoms with van der Waals surface area (Å²) < 4.78 is 38.6. The molecule has 0 spiro atoms. The Morgan fingerprint density at radius 1 is 0.523 bits per heavy atom. The first-order valence-electron chi connectivity index (χ1n) is 16.3. The summed E-state index contributed by atoms with van der Waals surface area (Å²) in [5, 5.41) is 3.37. The van der Waals surface area contributed by atoms with E-state index in [4.69, 9.17) is 20.4 Å². The average Bonchev–Trinajstić information content (AvgIpc) is 3.65. The molecular formula is C39H24N4S. The third-order valence-electron chi connectivity index (χ3n) is 7.97. The van der Waals surface area contributed by atoms with Crippen molar-refractivity contribution in [2.45, 2.75) is 0 Å². The van der Waals surface area contributed by atoms with Gasteiger partial charge < -0.3 is 4.57 Å². The van der Waals surface area contributed by atoms with Crippen molar-refractivity contribution in [2.75, 3.05) is 0 Å². The van der Waals surface area contributed by atoms with Crippen LogP contribution >= 0.6 is 11.3 Å². The molecule has 0 aliphatic carbocycles. The minimum Gasteiger partial charge on any atom is -0.309 e. The number of benzene rings is 6. The SMILES string of the molecule is [2H]c1cc([2H])c2c(c1)c1cc([2H])cc([2H])c1n2-c1cccc2sc3c(-c4nc(-c5ccccc5)nc(-c5ccccc5)n4)cccc3c12. The Balaban J connectivity index is 1.34. The molecule has 206 valence electrons. The lowest BCUT2D eigenvalue weighted by Gasteiger charge is -2.11. The summed E-state index contributed by atoms with van der Waals surface area (Å²) in [6, 6.07) is 39.5. The summed E-state index contributed by atoms with van der Waals surface area (Å²) in [6.07, 6.45) is 0. The van der Waals surface area contributed by atoms with E-state index in [0.29, 0.717) is 39.3 Å². The Morgan fingerprint density at radius 3 is 1.75 bits per heavy atom. The molecule has 3 heterocycles. The predicted molar refractivity (Wildman–Crippen MR) is 183 cm³/mol. The summed E-state index contributed by atoms with van der Waals surface area (Å²) in [4.78, 5) is 14.9. The van der Waals surface area contributed by atoms with E-state index in [1.807, 2.05) is 89.5 Å². The lowest BCUT2D eigenvalue weighted by atomic mass is 10.1. The molecule has 0 amide bonds. The molecule has 0 saturated carbocycles. The number of para-hydroxylation sites is 2. The van der Waals surface area contributed by atoms with Gasteiger partial charge in [0.1, 0.15) is 0 Å². The van der Waals surface area contributed by atoms with Crippen LogP contribution in [0.2, 0.25) is 0 Å². The zero-order valence-corrected chi connectivity index (χ0v) is 24.1. The summed E-state index contributed by atoms with van der Waals surface area (Å²) in [5.41, 5.74) is 4.75. The molecule has 4 nitrogen and oxygen atoms in total. The van der Waals surface area contributed by atoms with Crippen LogP contribution in [0.3, 0.4) is 0 Å². The van der Waals surface area contributed by atoms with Crippen LogP contribution < -0.4 is 0 Å². The maximum atomic E-state index is 8.95. The molecule has 0 bridgehead atoms. The second-order valence-corrected chi connectivity index (χ2v) is 11.6. The fraction of sp³-hybridized carbons (Fsp3) is 0. The highest BCUT2D eigenvalue weighted by molar-refractivity contribution is 7.26. The Morgan fingerprint density at radius 2 is 1.11 bits per heavy atom. The Bertz CT molecular complexity index is 2600. The van der Waals surface area contributed by atoms with Crippen LogP contribution in [-0.4, -0.2) is 19.5 Å². The standard InChI is InChI=1S/C39H24N4S/c1-3-13-25(14-4-1)37-40-38(26-15-5-2-6-16-26)42-39(41-37)30-20-11-19-29-35-33(23-12-24-34(35)44-36(29)30)43-31-21-9-7-17-27(31)28-18-8-10-22-32(28)43/h1-24H/i7D,8D,21D,22D. The van der Waals surface area contributed by atoms with Gasteiger partial charge in [0, 0.05) is 47.6 Å². The number of hydrogen-bond acceptors (Lipinski definition) is 4. The second-order valence-electron chi connectivity index (χ2n) is 10.5. The van der Waals surface area contributed by atoms with E-state index in [2.05, 4.69) is 12.1 Å². The van der Waals surface area contributed by atoms with Crippen LogP contribution in [0, 0.1) is 0 Å². The third kappa shape index (κ3) is 3.87. The van der Waals surface area contributed by atoms with Gasteiger partial charge in [0.2, 0.25) is 0 Å². The van der Waals surface area contributed by atoms with Crippen molar-refractivity contribution in [1.29, 1.82) is 0 Å². The predicted octanol–water partition coefficient (Wildman–Crippen LogP) is 10.3. The Hall–Kier alpha value is -5.65. The Labute approximate surface area is 263 Å². The number of nitrogens with zero attached hydrogens (tertiary/aromatic N) is 4. The molecule has 0 N–H and O–H groups in total. The number of fused-ring (bicyclic) bond motifs is 6. The monoisotopic (exact) mass is 584 g/mol. The molecule has 0 unspecified atom stereocenters. The normalized spacial score (nSPS) is 12.9. The molecule has 5 heteroatoms. The van der Waals surface area contributed by atoms with Crippen LogP contribution in [0.25, 0.3) is 81.8 Å². The minimum absolute atomic E-state index is 0.198. The molecule has 6 aromatic carbocycles. The topological polar surface area (TPSA) is 43.6 Å². The van der Waals surface area contributed by atoms with Gasteiger partial charge in [-0.15, -0.1) is 11.3 Å². The third-order valence-corrected chi connectivity index (χ3v) is 9.17. The van der Waals surface area contributed by atoms with Gasteiger partial charge in [0.05, 0.1) is 22.2 Å². The Kier molecular flexibility index (Phi) is 4.78. The van der Waals surface area contributed by atoms with Crippen molar-refractivity contribution < 1.29 is 5.48 Å². The van der Waals surface area contributed by atoms with Crippen LogP contribution in [0.5, 0.6) is 0 Å². The van der Waals surface area contributed by atoms with Crippen molar-refractivity contribution in [3.63, 3.8) is 0 Å². The maximum Gasteiger partial charge on any atom is 0.165 e. The quantitative estimate of drug-likeness (QED) is 0.207. The van der Waals surface area contributed by atoms with Crippen molar-refractivity contribution in [1.82, 2.24) is 19.5 Å². The molecule has 0 aliphatic rings. The molecule has 0 aliphatic heterocycles. The molecule has 9 rings (SSSR count). The van der Waals surface area contributed by atoms with Crippen molar-refractivity contribution >= 4 is 53.3 Å². The fourth-order valence-electron chi connectivity index (χ4n) is 6.02. The molecule has 0 atom stereocenters. The highest BCUT2D eigenvalue weighted by atomic mass is 32.1. The van der Waals surface area contributed by atoms with E-state index in [1.165, 1.54) is 12.1 Å². The highest BCUT2D eigenvalue weighted by Crippen LogP contribution is 2.43. The number of thiophene rings is 1. The first-order chi connectivity index (χ1) is 23.4. The second kappa shape index (κ2) is 9.97. The van der Waals surface area contributed by atoms with Crippen molar-refractivity contribution in [3.8, 4) is 39.9 Å². The van der Waals surface area contributed by atoms with Gasteiger partial charge in [-0.3, -0.25) is 0 Å². The van der Waals surface area contributed by atoms with E-state index >= 15 is 0 Å². The summed E-state index contributed by atoms with van der Waals surface area (Å²) in [7, 11) is 0. The van der Waals surface area contributed by atoms with Crippen LogP contribution in [0.15, 0.2) is 145 Å². The smallest absolute Gasteiger partial charge is 0.165 e. The number of hydrogen-bond donors (Lipinski definition) is 0. The van der Waals surface area contributed by atoms with Crippen LogP contribution in [0.1, 0.15) is 5.48 Å². The molecule has 0 saturated heterocycles. The van der Waals surface area contributed by atoms with Gasteiger partial charge in [-0.2, -0.15) is 0 Å². The maximum absolute atomic E-state index is 8.95. The zero-order chi connectivity index (χ0) is 32.5. The average molecular weight is 585 g/mol. The van der Waals surface area contributed by atoms with E-state index < -0.39 is 0 Å². The first-order valence-corrected chi connectivity index (χ1v) is 15.1. The van der Waals surface area contributed by atoms with E-state index in [0.717, 1.165) is 42.6 Å². The van der Waals surface area contributed by atoms with Crippen LogP contribution in [0.4, 0.5) is 0 Å². The fourth-order valence-corrected chi connectivity index (χ4v) is 7.25. The summed E-state index contributed by atoms with van der Waals surface area (Å²) in [5.74, 6) is 1.76. The van der Waals surface area contributed by atoms with Crippen LogP contribution in [-0.2, 0) is 0 Å². The molecule has 0 fully saturated rings. The van der Waals surface area contributed by atoms with Gasteiger partial charge in [0.15, 0.2) is 17.5 Å². The summed E-state index contributed by atoms with van der Waals surface area (Å²) in [6.45, 7) is 0. The minimum atomic E-state index is 0.198. The first kappa shape index (κ1) is 21.1. The van der Waals surface area contributed by atoms with Gasteiger partial charge in [-0.05, 0) is 30.3 Å². The van der Waals surface area contributed by atoms with Gasteiger partial charge >= 0.3 is 0 Å². The van der Waals surface area contributed by atoms with Crippen molar-refractivity contribution in [3.05, 3.63) is 145 Å². The molecule has 9 aromatic rings. The molecule has 3 aromatic heterocycles. The van der Waals surface area contributed by atoms with E-state index in [-0.39, 0.29) is 24.2 Å². The number of aromatic nitrogens is 4. The van der Waals surface area contributed by atoms with Crippen molar-refractivity contribution in [2.24, 2.45) is 0 Å². The zero-order valence-electron chi connectivity index (χ0n) is 27.2. The van der Waals surface area contributed by atoms with Gasteiger partial charge in [0.25, 0.3) is 0 Å². The van der Waals surface area contributed by atoms with Gasteiger partial charge in [-0.1, -0.05) is 115 Å². The van der Waals surface area contributed by atoms with Gasteiger partial charge in [-0.25, -0.2) is 15.0 Å².